The van der Waals surface area contributed by atoms with Gasteiger partial charge in [0.2, 0.25) is 11.8 Å². The number of carbonyl (C=O) groups is 3. The molecule has 2 N–H and O–H groups in total. The lowest BCUT2D eigenvalue weighted by Gasteiger charge is -2.31. The third kappa shape index (κ3) is 4.70. The van der Waals surface area contributed by atoms with E-state index in [1.807, 2.05) is 20.8 Å². The van der Waals surface area contributed by atoms with Crippen LogP contribution < -0.4 is 10.6 Å². The van der Waals surface area contributed by atoms with Crippen LogP contribution >= 0.6 is 0 Å². The highest BCUT2D eigenvalue weighted by Gasteiger charge is 2.39. The Morgan fingerprint density at radius 3 is 2.64 bits per heavy atom. The number of hydrogen-bond donors (Lipinski definition) is 2. The van der Waals surface area contributed by atoms with Crippen LogP contribution in [0.25, 0.3) is 0 Å². The van der Waals surface area contributed by atoms with E-state index < -0.39 is 5.92 Å². The Bertz CT molecular complexity index is 750. The molecule has 0 aliphatic carbocycles. The number of hydrogen-bond acceptors (Lipinski definition) is 4. The highest BCUT2D eigenvalue weighted by molar-refractivity contribution is 6.05. The van der Waals surface area contributed by atoms with Gasteiger partial charge in [0.1, 0.15) is 0 Å². The van der Waals surface area contributed by atoms with Crippen molar-refractivity contribution in [2.45, 2.75) is 51.7 Å². The second kappa shape index (κ2) is 8.31. The quantitative estimate of drug-likeness (QED) is 0.811. The zero-order valence-corrected chi connectivity index (χ0v) is 16.8. The standard InChI is InChI=1S/C21H29N3O4/c1-21(2,3)24-13-14(11-18(24)25)19(26)23-17-9-5-4-8-16(17)20(27)22-12-15-7-6-10-28-15/h4-5,8-9,14-15H,6-7,10-13H2,1-3H3,(H,22,27)(H,23,26). The second-order valence-electron chi connectivity index (χ2n) is 8.46. The summed E-state index contributed by atoms with van der Waals surface area (Å²) in [7, 11) is 0. The minimum atomic E-state index is -0.422. The average molecular weight is 387 g/mol. The zero-order valence-electron chi connectivity index (χ0n) is 16.8. The number of nitrogens with zero attached hydrogens (tertiary/aromatic N) is 1. The molecule has 3 amide bonds. The molecule has 2 atom stereocenters. The molecular formula is C21H29N3O4. The number of ether oxygens (including phenoxy) is 1. The fraction of sp³-hybridized carbons (Fsp3) is 0.571. The molecule has 7 heteroatoms. The SMILES string of the molecule is CC(C)(C)N1CC(C(=O)Nc2ccccc2C(=O)NCC2CCCO2)CC1=O. The first-order chi connectivity index (χ1) is 13.3. The van der Waals surface area contributed by atoms with Crippen LogP contribution in [0.1, 0.15) is 50.4 Å². The predicted octanol–water partition coefficient (Wildman–Crippen LogP) is 2.18. The van der Waals surface area contributed by atoms with Crippen molar-refractivity contribution in [2.75, 3.05) is 25.0 Å². The zero-order chi connectivity index (χ0) is 20.3. The molecule has 1 aromatic carbocycles. The van der Waals surface area contributed by atoms with Crippen molar-refractivity contribution < 1.29 is 19.1 Å². The Kier molecular flexibility index (Phi) is 6.03. The summed E-state index contributed by atoms with van der Waals surface area (Å²) in [5.74, 6) is -0.922. The van der Waals surface area contributed by atoms with Gasteiger partial charge in [-0.3, -0.25) is 14.4 Å². The second-order valence-corrected chi connectivity index (χ2v) is 8.46. The number of nitrogens with one attached hydrogen (secondary N) is 2. The molecule has 2 aliphatic rings. The number of anilines is 1. The molecule has 2 fully saturated rings. The molecule has 0 radical (unpaired) electrons. The van der Waals surface area contributed by atoms with Crippen LogP contribution in [-0.4, -0.2) is 54.0 Å². The molecule has 3 rings (SSSR count). The summed E-state index contributed by atoms with van der Waals surface area (Å²) in [5, 5.41) is 5.72. The molecule has 0 spiro atoms. The number of amides is 3. The van der Waals surface area contributed by atoms with Crippen LogP contribution in [0.4, 0.5) is 5.69 Å². The van der Waals surface area contributed by atoms with Gasteiger partial charge >= 0.3 is 0 Å². The molecule has 2 saturated heterocycles. The molecule has 2 heterocycles. The molecular weight excluding hydrogens is 358 g/mol. The minimum Gasteiger partial charge on any atom is -0.376 e. The van der Waals surface area contributed by atoms with Gasteiger partial charge in [-0.2, -0.15) is 0 Å². The first-order valence-electron chi connectivity index (χ1n) is 9.86. The Morgan fingerprint density at radius 1 is 1.25 bits per heavy atom. The van der Waals surface area contributed by atoms with Gasteiger partial charge in [-0.1, -0.05) is 12.1 Å². The molecule has 1 aromatic rings. The van der Waals surface area contributed by atoms with Crippen molar-refractivity contribution in [3.8, 4) is 0 Å². The summed E-state index contributed by atoms with van der Waals surface area (Å²) < 4.78 is 5.53. The van der Waals surface area contributed by atoms with Crippen LogP contribution in [0, 0.1) is 5.92 Å². The first kappa shape index (κ1) is 20.3. The van der Waals surface area contributed by atoms with E-state index in [0.29, 0.717) is 24.3 Å². The van der Waals surface area contributed by atoms with Gasteiger partial charge in [-0.05, 0) is 45.7 Å². The van der Waals surface area contributed by atoms with Gasteiger partial charge in [-0.25, -0.2) is 0 Å². The van der Waals surface area contributed by atoms with Gasteiger partial charge in [0.15, 0.2) is 0 Å². The van der Waals surface area contributed by atoms with Gasteiger partial charge in [0.05, 0.1) is 23.3 Å². The minimum absolute atomic E-state index is 0.0183. The van der Waals surface area contributed by atoms with Crippen molar-refractivity contribution in [1.82, 2.24) is 10.2 Å². The lowest BCUT2D eigenvalue weighted by atomic mass is 10.1. The normalized spacial score (nSPS) is 22.4. The van der Waals surface area contributed by atoms with Gasteiger partial charge in [-0.15, -0.1) is 0 Å². The topological polar surface area (TPSA) is 87.7 Å². The van der Waals surface area contributed by atoms with Crippen molar-refractivity contribution in [2.24, 2.45) is 5.92 Å². The number of carbonyl (C=O) groups excluding carboxylic acids is 3. The van der Waals surface area contributed by atoms with Crippen molar-refractivity contribution in [3.05, 3.63) is 29.8 Å². The van der Waals surface area contributed by atoms with E-state index >= 15 is 0 Å². The molecule has 0 aromatic heterocycles. The maximum Gasteiger partial charge on any atom is 0.253 e. The molecule has 2 unspecified atom stereocenters. The lowest BCUT2D eigenvalue weighted by Crippen LogP contribution is -2.42. The molecule has 28 heavy (non-hydrogen) atoms. The largest absolute Gasteiger partial charge is 0.376 e. The summed E-state index contributed by atoms with van der Waals surface area (Å²) in [6, 6.07) is 6.92. The fourth-order valence-electron chi connectivity index (χ4n) is 3.66. The average Bonchev–Trinajstić information content (AvgIpc) is 3.29. The Hall–Kier alpha value is -2.41. The summed E-state index contributed by atoms with van der Waals surface area (Å²) in [4.78, 5) is 39.3. The lowest BCUT2D eigenvalue weighted by molar-refractivity contribution is -0.131. The van der Waals surface area contributed by atoms with E-state index in [1.54, 1.807) is 29.2 Å². The van der Waals surface area contributed by atoms with Crippen LogP contribution in [0.3, 0.4) is 0 Å². The highest BCUT2D eigenvalue weighted by atomic mass is 16.5. The molecule has 0 bridgehead atoms. The van der Waals surface area contributed by atoms with E-state index in [1.165, 1.54) is 0 Å². The van der Waals surface area contributed by atoms with Crippen LogP contribution in [0.5, 0.6) is 0 Å². The van der Waals surface area contributed by atoms with E-state index in [9.17, 15) is 14.4 Å². The smallest absolute Gasteiger partial charge is 0.253 e. The van der Waals surface area contributed by atoms with Crippen LogP contribution in [0.15, 0.2) is 24.3 Å². The molecule has 152 valence electrons. The first-order valence-corrected chi connectivity index (χ1v) is 9.86. The highest BCUT2D eigenvalue weighted by Crippen LogP contribution is 2.27. The van der Waals surface area contributed by atoms with Gasteiger partial charge in [0, 0.05) is 31.7 Å². The maximum atomic E-state index is 12.7. The number of benzene rings is 1. The summed E-state index contributed by atoms with van der Waals surface area (Å²) in [5.41, 5.74) is 0.552. The maximum absolute atomic E-state index is 12.7. The van der Waals surface area contributed by atoms with E-state index in [-0.39, 0.29) is 35.8 Å². The van der Waals surface area contributed by atoms with Crippen molar-refractivity contribution >= 4 is 23.4 Å². The Labute approximate surface area is 165 Å². The van der Waals surface area contributed by atoms with E-state index in [0.717, 1.165) is 19.4 Å². The predicted molar refractivity (Wildman–Crippen MR) is 106 cm³/mol. The monoisotopic (exact) mass is 387 g/mol. The third-order valence-electron chi connectivity index (χ3n) is 5.25. The molecule has 0 saturated carbocycles. The van der Waals surface area contributed by atoms with Crippen molar-refractivity contribution in [3.63, 3.8) is 0 Å². The Morgan fingerprint density at radius 2 is 2.00 bits per heavy atom. The van der Waals surface area contributed by atoms with E-state index in [2.05, 4.69) is 10.6 Å². The molecule has 7 nitrogen and oxygen atoms in total. The summed E-state index contributed by atoms with van der Waals surface area (Å²) in [6.07, 6.45) is 2.20. The number of likely N-dealkylation sites (tertiary alicyclic amines) is 1. The van der Waals surface area contributed by atoms with Gasteiger partial charge in [0.25, 0.3) is 5.91 Å². The van der Waals surface area contributed by atoms with Crippen LogP contribution in [-0.2, 0) is 14.3 Å². The third-order valence-corrected chi connectivity index (χ3v) is 5.25. The van der Waals surface area contributed by atoms with Gasteiger partial charge < -0.3 is 20.3 Å². The van der Waals surface area contributed by atoms with E-state index in [4.69, 9.17) is 4.74 Å². The molecule has 2 aliphatic heterocycles. The fourth-order valence-corrected chi connectivity index (χ4v) is 3.66. The number of rotatable bonds is 5. The van der Waals surface area contributed by atoms with Crippen LogP contribution in [0.2, 0.25) is 0 Å². The summed E-state index contributed by atoms with van der Waals surface area (Å²) in [6.45, 7) is 7.45. The van der Waals surface area contributed by atoms with Crippen molar-refractivity contribution in [1.29, 1.82) is 0 Å². The Balaban J connectivity index is 1.63. The number of para-hydroxylation sites is 1. The summed E-state index contributed by atoms with van der Waals surface area (Å²) >= 11 is 0.